The van der Waals surface area contributed by atoms with Crippen molar-refractivity contribution in [1.29, 1.82) is 0 Å². The fourth-order valence-corrected chi connectivity index (χ4v) is 2.01. The van der Waals surface area contributed by atoms with Crippen molar-refractivity contribution < 1.29 is 14.3 Å². The lowest BCUT2D eigenvalue weighted by atomic mass is 10.0. The molecule has 2 atom stereocenters. The summed E-state index contributed by atoms with van der Waals surface area (Å²) in [6.07, 6.45) is 4.96. The Labute approximate surface area is 97.7 Å². The smallest absolute Gasteiger partial charge is 0.306 e. The summed E-state index contributed by atoms with van der Waals surface area (Å²) < 4.78 is 10.1. The van der Waals surface area contributed by atoms with Gasteiger partial charge in [0.15, 0.2) is 0 Å². The molecule has 4 nitrogen and oxygen atoms in total. The number of hydrogen-bond donors (Lipinski definition) is 1. The van der Waals surface area contributed by atoms with E-state index in [1.807, 2.05) is 6.92 Å². The van der Waals surface area contributed by atoms with E-state index in [9.17, 15) is 4.79 Å². The Morgan fingerprint density at radius 1 is 1.50 bits per heavy atom. The number of carbonyl (C=O) groups excluding carboxylic acids is 1. The highest BCUT2D eigenvalue weighted by atomic mass is 16.6. The Bertz CT molecular complexity index is 202. The summed E-state index contributed by atoms with van der Waals surface area (Å²) in [6.45, 7) is 3.40. The fourth-order valence-electron chi connectivity index (χ4n) is 2.01. The van der Waals surface area contributed by atoms with Crippen molar-refractivity contribution >= 4 is 5.97 Å². The molecule has 0 radical (unpaired) electrons. The Kier molecular flexibility index (Phi) is 6.42. The van der Waals surface area contributed by atoms with Gasteiger partial charge in [0.1, 0.15) is 6.10 Å². The molecule has 1 fully saturated rings. The minimum absolute atomic E-state index is 0.114. The van der Waals surface area contributed by atoms with E-state index in [1.54, 1.807) is 7.11 Å². The highest BCUT2D eigenvalue weighted by molar-refractivity contribution is 5.69. The normalized spacial score (nSPS) is 22.8. The van der Waals surface area contributed by atoms with Gasteiger partial charge >= 0.3 is 5.97 Å². The minimum Gasteiger partial charge on any atom is -0.460 e. The minimum atomic E-state index is -0.142. The number of carbonyl (C=O) groups is 1. The van der Waals surface area contributed by atoms with Crippen molar-refractivity contribution in [1.82, 2.24) is 5.32 Å². The van der Waals surface area contributed by atoms with Crippen LogP contribution in [-0.4, -0.2) is 38.4 Å². The summed E-state index contributed by atoms with van der Waals surface area (Å²) in [5, 5.41) is 3.42. The van der Waals surface area contributed by atoms with Crippen LogP contribution in [0.15, 0.2) is 0 Å². The molecule has 0 spiro atoms. The second kappa shape index (κ2) is 7.63. The van der Waals surface area contributed by atoms with E-state index < -0.39 is 0 Å². The van der Waals surface area contributed by atoms with Crippen LogP contribution in [0.4, 0.5) is 0 Å². The van der Waals surface area contributed by atoms with Crippen molar-refractivity contribution in [3.8, 4) is 0 Å². The zero-order valence-electron chi connectivity index (χ0n) is 10.3. The van der Waals surface area contributed by atoms with Crippen molar-refractivity contribution in [2.45, 2.75) is 51.2 Å². The Hall–Kier alpha value is -0.610. The SMILES string of the molecule is COCC(C)OC(=O)CCC1CCCCN1. The number of nitrogens with one attached hydrogen (secondary N) is 1. The van der Waals surface area contributed by atoms with E-state index in [2.05, 4.69) is 5.32 Å². The number of hydrogen-bond acceptors (Lipinski definition) is 4. The van der Waals surface area contributed by atoms with Crippen LogP contribution in [0.5, 0.6) is 0 Å². The predicted octanol–water partition coefficient (Wildman–Crippen LogP) is 1.49. The maximum absolute atomic E-state index is 11.5. The molecule has 1 rings (SSSR count). The van der Waals surface area contributed by atoms with Crippen LogP contribution in [0.3, 0.4) is 0 Å². The lowest BCUT2D eigenvalue weighted by molar-refractivity contribution is -0.150. The summed E-state index contributed by atoms with van der Waals surface area (Å²) in [5.41, 5.74) is 0. The third-order valence-corrected chi connectivity index (χ3v) is 2.84. The summed E-state index contributed by atoms with van der Waals surface area (Å²) in [4.78, 5) is 11.5. The fraction of sp³-hybridized carbons (Fsp3) is 0.917. The van der Waals surface area contributed by atoms with Gasteiger partial charge in [-0.05, 0) is 32.7 Å². The van der Waals surface area contributed by atoms with Crippen molar-refractivity contribution in [2.75, 3.05) is 20.3 Å². The first-order valence-electron chi connectivity index (χ1n) is 6.14. The zero-order valence-corrected chi connectivity index (χ0v) is 10.3. The Morgan fingerprint density at radius 3 is 2.94 bits per heavy atom. The number of methoxy groups -OCH3 is 1. The Balaban J connectivity index is 2.09. The molecule has 2 unspecified atom stereocenters. The second-order valence-corrected chi connectivity index (χ2v) is 4.44. The van der Waals surface area contributed by atoms with Gasteiger partial charge in [0.05, 0.1) is 6.61 Å². The van der Waals surface area contributed by atoms with Crippen LogP contribution in [0.1, 0.15) is 39.0 Å². The largest absolute Gasteiger partial charge is 0.460 e. The van der Waals surface area contributed by atoms with Gasteiger partial charge in [0, 0.05) is 19.6 Å². The molecule has 0 aromatic heterocycles. The third kappa shape index (κ3) is 5.47. The summed E-state index contributed by atoms with van der Waals surface area (Å²) in [6, 6.07) is 0.499. The first-order chi connectivity index (χ1) is 7.72. The first-order valence-corrected chi connectivity index (χ1v) is 6.14. The van der Waals surface area contributed by atoms with Crippen molar-refractivity contribution in [3.05, 3.63) is 0 Å². The molecule has 1 saturated heterocycles. The molecule has 0 saturated carbocycles. The van der Waals surface area contributed by atoms with Gasteiger partial charge in [-0.15, -0.1) is 0 Å². The topological polar surface area (TPSA) is 47.6 Å². The summed E-state index contributed by atoms with van der Waals surface area (Å²) in [7, 11) is 1.61. The van der Waals surface area contributed by atoms with Gasteiger partial charge in [0.25, 0.3) is 0 Å². The molecule has 0 aromatic carbocycles. The summed E-state index contributed by atoms with van der Waals surface area (Å²) >= 11 is 0. The molecule has 1 heterocycles. The van der Waals surface area contributed by atoms with Crippen LogP contribution in [0.25, 0.3) is 0 Å². The number of ether oxygens (including phenoxy) is 2. The van der Waals surface area contributed by atoms with Crippen LogP contribution < -0.4 is 5.32 Å². The maximum atomic E-state index is 11.5. The molecule has 0 amide bonds. The van der Waals surface area contributed by atoms with Crippen molar-refractivity contribution in [3.63, 3.8) is 0 Å². The van der Waals surface area contributed by atoms with E-state index >= 15 is 0 Å². The predicted molar refractivity (Wildman–Crippen MR) is 62.3 cm³/mol. The Morgan fingerprint density at radius 2 is 2.31 bits per heavy atom. The third-order valence-electron chi connectivity index (χ3n) is 2.84. The van der Waals surface area contributed by atoms with Crippen LogP contribution >= 0.6 is 0 Å². The quantitative estimate of drug-likeness (QED) is 0.701. The molecule has 16 heavy (non-hydrogen) atoms. The molecule has 0 aliphatic carbocycles. The molecule has 1 aliphatic rings. The van der Waals surface area contributed by atoms with Gasteiger partial charge in [-0.3, -0.25) is 4.79 Å². The monoisotopic (exact) mass is 229 g/mol. The first kappa shape index (κ1) is 13.5. The van der Waals surface area contributed by atoms with Crippen LogP contribution in [-0.2, 0) is 14.3 Å². The molecule has 1 N–H and O–H groups in total. The average molecular weight is 229 g/mol. The molecule has 94 valence electrons. The van der Waals surface area contributed by atoms with Gasteiger partial charge in [-0.25, -0.2) is 0 Å². The van der Waals surface area contributed by atoms with E-state index in [-0.39, 0.29) is 12.1 Å². The van der Waals surface area contributed by atoms with Crippen LogP contribution in [0, 0.1) is 0 Å². The molecule has 0 aromatic rings. The van der Waals surface area contributed by atoms with E-state index in [4.69, 9.17) is 9.47 Å². The summed E-state index contributed by atoms with van der Waals surface area (Å²) in [5.74, 6) is -0.114. The van der Waals surface area contributed by atoms with Crippen LogP contribution in [0.2, 0.25) is 0 Å². The van der Waals surface area contributed by atoms with Gasteiger partial charge < -0.3 is 14.8 Å². The molecular formula is C12H23NO3. The molecular weight excluding hydrogens is 206 g/mol. The number of rotatable bonds is 6. The van der Waals surface area contributed by atoms with E-state index in [0.717, 1.165) is 13.0 Å². The highest BCUT2D eigenvalue weighted by Crippen LogP contribution is 2.12. The van der Waals surface area contributed by atoms with Gasteiger partial charge in [-0.2, -0.15) is 0 Å². The second-order valence-electron chi connectivity index (χ2n) is 4.44. The number of esters is 1. The standard InChI is InChI=1S/C12H23NO3/c1-10(9-15-2)16-12(14)7-6-11-5-3-4-8-13-11/h10-11,13H,3-9H2,1-2H3. The molecule has 1 aliphatic heterocycles. The number of piperidine rings is 1. The zero-order chi connectivity index (χ0) is 11.8. The van der Waals surface area contributed by atoms with Gasteiger partial charge in [0.2, 0.25) is 0 Å². The molecule has 0 bridgehead atoms. The van der Waals surface area contributed by atoms with Crippen molar-refractivity contribution in [2.24, 2.45) is 0 Å². The lowest BCUT2D eigenvalue weighted by Crippen LogP contribution is -2.34. The maximum Gasteiger partial charge on any atom is 0.306 e. The average Bonchev–Trinajstić information content (AvgIpc) is 2.28. The lowest BCUT2D eigenvalue weighted by Gasteiger charge is -2.23. The highest BCUT2D eigenvalue weighted by Gasteiger charge is 2.15. The van der Waals surface area contributed by atoms with E-state index in [0.29, 0.717) is 19.1 Å². The molecule has 4 heteroatoms. The van der Waals surface area contributed by atoms with E-state index in [1.165, 1.54) is 19.3 Å². The van der Waals surface area contributed by atoms with Gasteiger partial charge in [-0.1, -0.05) is 6.42 Å².